The number of hydrogen-bond donors (Lipinski definition) is 1. The van der Waals surface area contributed by atoms with Crippen LogP contribution >= 0.6 is 11.3 Å². The topological polar surface area (TPSA) is 94.3 Å². The van der Waals surface area contributed by atoms with Gasteiger partial charge in [-0.1, -0.05) is 18.3 Å². The smallest absolute Gasteiger partial charge is 0.341 e. The predicted molar refractivity (Wildman–Crippen MR) is 86.4 cm³/mol. The molecular weight excluding hydrogens is 318 g/mol. The lowest BCUT2D eigenvalue weighted by Gasteiger charge is -1.93. The first-order chi connectivity index (χ1) is 11.0. The Morgan fingerprint density at radius 2 is 2.22 bits per heavy atom. The summed E-state index contributed by atoms with van der Waals surface area (Å²) in [5.41, 5.74) is 0.334. The summed E-state index contributed by atoms with van der Waals surface area (Å²) in [6.45, 7) is 3.70. The van der Waals surface area contributed by atoms with Crippen LogP contribution in [0.25, 0.3) is 6.08 Å². The van der Waals surface area contributed by atoms with Gasteiger partial charge in [0.1, 0.15) is 22.1 Å². The van der Waals surface area contributed by atoms with E-state index in [1.165, 1.54) is 36.7 Å². The van der Waals surface area contributed by atoms with E-state index in [2.05, 4.69) is 27.2 Å². The fourth-order valence-electron chi connectivity index (χ4n) is 1.82. The fourth-order valence-corrected chi connectivity index (χ4v) is 2.67. The molecular formula is C15H17N3O4S. The zero-order chi connectivity index (χ0) is 16.8. The highest BCUT2D eigenvalue weighted by atomic mass is 32.1. The van der Waals surface area contributed by atoms with Crippen LogP contribution in [-0.2, 0) is 16.0 Å². The maximum Gasteiger partial charge on any atom is 0.341 e. The molecule has 7 nitrogen and oxygen atoms in total. The third-order valence-corrected chi connectivity index (χ3v) is 3.80. The van der Waals surface area contributed by atoms with Crippen molar-refractivity contribution in [3.8, 4) is 0 Å². The van der Waals surface area contributed by atoms with E-state index >= 15 is 0 Å². The summed E-state index contributed by atoms with van der Waals surface area (Å²) >= 11 is 1.35. The summed E-state index contributed by atoms with van der Waals surface area (Å²) in [6, 6.07) is 1.52. The molecule has 0 aliphatic carbocycles. The van der Waals surface area contributed by atoms with Crippen molar-refractivity contribution in [2.24, 2.45) is 0 Å². The summed E-state index contributed by atoms with van der Waals surface area (Å²) in [5.74, 6) is -0.00207. The normalized spacial score (nSPS) is 10.9. The number of furan rings is 1. The molecule has 0 aromatic carbocycles. The molecule has 0 fully saturated rings. The molecule has 0 saturated carbocycles. The molecule has 2 rings (SSSR count). The van der Waals surface area contributed by atoms with Crippen LogP contribution in [0.1, 0.15) is 40.2 Å². The van der Waals surface area contributed by atoms with E-state index in [4.69, 9.17) is 4.42 Å². The van der Waals surface area contributed by atoms with Gasteiger partial charge in [0, 0.05) is 12.5 Å². The van der Waals surface area contributed by atoms with Gasteiger partial charge in [0.25, 0.3) is 0 Å². The SMILES string of the molecule is CCCc1nnc(NC(=O)/C=C/c2cc(C(=O)OC)c(C)o2)s1. The fraction of sp³-hybridized carbons (Fsp3) is 0.333. The highest BCUT2D eigenvalue weighted by Gasteiger charge is 2.14. The Hall–Kier alpha value is -2.48. The van der Waals surface area contributed by atoms with Crippen molar-refractivity contribution < 1.29 is 18.7 Å². The molecule has 0 aliphatic heterocycles. The second kappa shape index (κ2) is 7.68. The molecule has 2 heterocycles. The van der Waals surface area contributed by atoms with Gasteiger partial charge in [0.15, 0.2) is 0 Å². The summed E-state index contributed by atoms with van der Waals surface area (Å²) in [4.78, 5) is 23.3. The van der Waals surface area contributed by atoms with Crippen LogP contribution in [0.15, 0.2) is 16.6 Å². The summed E-state index contributed by atoms with van der Waals surface area (Å²) in [5, 5.41) is 11.9. The van der Waals surface area contributed by atoms with Gasteiger partial charge in [-0.2, -0.15) is 0 Å². The largest absolute Gasteiger partial charge is 0.465 e. The van der Waals surface area contributed by atoms with Crippen LogP contribution in [0.5, 0.6) is 0 Å². The maximum absolute atomic E-state index is 11.8. The molecule has 0 unspecified atom stereocenters. The molecule has 0 bridgehead atoms. The first kappa shape index (κ1) is 16.9. The highest BCUT2D eigenvalue weighted by molar-refractivity contribution is 7.15. The van der Waals surface area contributed by atoms with Gasteiger partial charge in [-0.3, -0.25) is 10.1 Å². The van der Waals surface area contributed by atoms with Gasteiger partial charge in [0.05, 0.1) is 7.11 Å². The number of anilines is 1. The average Bonchev–Trinajstić information content (AvgIpc) is 3.11. The van der Waals surface area contributed by atoms with E-state index in [-0.39, 0.29) is 5.91 Å². The van der Waals surface area contributed by atoms with Crippen LogP contribution in [-0.4, -0.2) is 29.2 Å². The molecule has 23 heavy (non-hydrogen) atoms. The summed E-state index contributed by atoms with van der Waals surface area (Å²) in [7, 11) is 1.30. The number of methoxy groups -OCH3 is 1. The van der Waals surface area contributed by atoms with E-state index in [1.807, 2.05) is 0 Å². The predicted octanol–water partition coefficient (Wildman–Crippen LogP) is 2.83. The van der Waals surface area contributed by atoms with Crippen molar-refractivity contribution in [3.63, 3.8) is 0 Å². The van der Waals surface area contributed by atoms with Gasteiger partial charge in [0.2, 0.25) is 11.0 Å². The van der Waals surface area contributed by atoms with Crippen molar-refractivity contribution in [3.05, 3.63) is 34.2 Å². The first-order valence-corrected chi connectivity index (χ1v) is 7.85. The van der Waals surface area contributed by atoms with Crippen molar-refractivity contribution in [2.75, 3.05) is 12.4 Å². The summed E-state index contributed by atoms with van der Waals surface area (Å²) < 4.78 is 10.0. The molecule has 1 amide bonds. The molecule has 122 valence electrons. The Bertz CT molecular complexity index is 733. The minimum atomic E-state index is -0.479. The third-order valence-electron chi connectivity index (χ3n) is 2.90. The van der Waals surface area contributed by atoms with Gasteiger partial charge >= 0.3 is 5.97 Å². The number of nitrogens with zero attached hydrogens (tertiary/aromatic N) is 2. The molecule has 0 saturated heterocycles. The van der Waals surface area contributed by atoms with Crippen molar-refractivity contribution >= 4 is 34.4 Å². The second-order valence-corrected chi connectivity index (χ2v) is 5.75. The lowest BCUT2D eigenvalue weighted by molar-refractivity contribution is -0.111. The molecule has 0 radical (unpaired) electrons. The standard InChI is InChI=1S/C15H17N3O4S/c1-4-5-13-17-18-15(23-13)16-12(19)7-6-10-8-11(9(2)22-10)14(20)21-3/h6-8H,4-5H2,1-3H3,(H,16,18,19)/b7-6+. The van der Waals surface area contributed by atoms with Crippen LogP contribution in [0.4, 0.5) is 5.13 Å². The molecule has 0 aliphatic rings. The van der Waals surface area contributed by atoms with Crippen molar-refractivity contribution in [2.45, 2.75) is 26.7 Å². The Labute approximate surface area is 137 Å². The Kier molecular flexibility index (Phi) is 5.64. The number of carbonyl (C=O) groups is 2. The monoisotopic (exact) mass is 335 g/mol. The minimum Gasteiger partial charge on any atom is -0.465 e. The number of amides is 1. The first-order valence-electron chi connectivity index (χ1n) is 7.03. The van der Waals surface area contributed by atoms with Crippen molar-refractivity contribution in [1.82, 2.24) is 10.2 Å². The number of esters is 1. The lowest BCUT2D eigenvalue weighted by Crippen LogP contribution is -2.07. The lowest BCUT2D eigenvalue weighted by atomic mass is 10.2. The zero-order valence-corrected chi connectivity index (χ0v) is 13.9. The Balaban J connectivity index is 1.99. The third kappa shape index (κ3) is 4.49. The van der Waals surface area contributed by atoms with Crippen LogP contribution < -0.4 is 5.32 Å². The van der Waals surface area contributed by atoms with E-state index in [0.29, 0.717) is 22.2 Å². The average molecular weight is 335 g/mol. The number of hydrogen-bond acceptors (Lipinski definition) is 7. The van der Waals surface area contributed by atoms with Gasteiger partial charge in [-0.25, -0.2) is 4.79 Å². The molecule has 8 heteroatoms. The number of nitrogens with one attached hydrogen (secondary N) is 1. The van der Waals surface area contributed by atoms with Crippen LogP contribution in [0, 0.1) is 6.92 Å². The van der Waals surface area contributed by atoms with E-state index in [0.717, 1.165) is 17.8 Å². The molecule has 2 aromatic rings. The molecule has 2 aromatic heterocycles. The number of aromatic nitrogens is 2. The zero-order valence-electron chi connectivity index (χ0n) is 13.1. The summed E-state index contributed by atoms with van der Waals surface area (Å²) in [6.07, 6.45) is 4.59. The van der Waals surface area contributed by atoms with Crippen molar-refractivity contribution in [1.29, 1.82) is 0 Å². The number of rotatable bonds is 6. The number of ether oxygens (including phenoxy) is 1. The molecule has 1 N–H and O–H groups in total. The quantitative estimate of drug-likeness (QED) is 0.644. The van der Waals surface area contributed by atoms with E-state index in [9.17, 15) is 9.59 Å². The number of aryl methyl sites for hydroxylation is 2. The Morgan fingerprint density at radius 1 is 1.43 bits per heavy atom. The van der Waals surface area contributed by atoms with Gasteiger partial charge in [-0.15, -0.1) is 10.2 Å². The van der Waals surface area contributed by atoms with Gasteiger partial charge in [-0.05, 0) is 25.5 Å². The number of carbonyl (C=O) groups excluding carboxylic acids is 2. The maximum atomic E-state index is 11.8. The van der Waals surface area contributed by atoms with E-state index in [1.54, 1.807) is 6.92 Å². The van der Waals surface area contributed by atoms with Crippen LogP contribution in [0.3, 0.4) is 0 Å². The molecule has 0 atom stereocenters. The van der Waals surface area contributed by atoms with E-state index < -0.39 is 5.97 Å². The second-order valence-electron chi connectivity index (χ2n) is 4.68. The Morgan fingerprint density at radius 3 is 2.91 bits per heavy atom. The van der Waals surface area contributed by atoms with Crippen LogP contribution in [0.2, 0.25) is 0 Å². The highest BCUT2D eigenvalue weighted by Crippen LogP contribution is 2.18. The van der Waals surface area contributed by atoms with Gasteiger partial charge < -0.3 is 9.15 Å². The molecule has 0 spiro atoms. The minimum absolute atomic E-state index is 0.334.